The zero-order chi connectivity index (χ0) is 15.4. The third-order valence-corrected chi connectivity index (χ3v) is 4.00. The highest BCUT2D eigenvalue weighted by atomic mass is 15.4. The number of hydrogen-bond acceptors (Lipinski definition) is 7. The average molecular weight is 293 g/mol. The maximum absolute atomic E-state index is 5.86. The van der Waals surface area contributed by atoms with Crippen LogP contribution in [0.15, 0.2) is 0 Å². The Kier molecular flexibility index (Phi) is 5.17. The molecule has 1 saturated heterocycles. The van der Waals surface area contributed by atoms with Crippen molar-refractivity contribution in [1.29, 1.82) is 0 Å². The van der Waals surface area contributed by atoms with Gasteiger partial charge in [-0.2, -0.15) is 15.0 Å². The third-order valence-electron chi connectivity index (χ3n) is 4.00. The monoisotopic (exact) mass is 293 g/mol. The first-order valence-corrected chi connectivity index (χ1v) is 7.80. The van der Waals surface area contributed by atoms with E-state index >= 15 is 0 Å². The molecule has 1 aliphatic rings. The van der Waals surface area contributed by atoms with Gasteiger partial charge in [0.1, 0.15) is 0 Å². The Morgan fingerprint density at radius 1 is 1.05 bits per heavy atom. The van der Waals surface area contributed by atoms with E-state index < -0.39 is 0 Å². The van der Waals surface area contributed by atoms with E-state index in [1.165, 1.54) is 0 Å². The fraction of sp³-hybridized carbons (Fsp3) is 0.786. The Morgan fingerprint density at radius 3 is 2.19 bits per heavy atom. The molecule has 0 saturated carbocycles. The van der Waals surface area contributed by atoms with Gasteiger partial charge in [-0.15, -0.1) is 0 Å². The van der Waals surface area contributed by atoms with Gasteiger partial charge in [0, 0.05) is 45.3 Å². The molecule has 0 aromatic carbocycles. The molecule has 0 radical (unpaired) electrons. The predicted molar refractivity (Wildman–Crippen MR) is 86.7 cm³/mol. The molecule has 2 rings (SSSR count). The summed E-state index contributed by atoms with van der Waals surface area (Å²) in [7, 11) is 0. The lowest BCUT2D eigenvalue weighted by molar-refractivity contribution is 0.208. The zero-order valence-electron chi connectivity index (χ0n) is 13.6. The third kappa shape index (κ3) is 3.72. The van der Waals surface area contributed by atoms with Gasteiger partial charge in [-0.25, -0.2) is 0 Å². The van der Waals surface area contributed by atoms with Crippen LogP contribution in [0.4, 0.5) is 17.8 Å². The highest BCUT2D eigenvalue weighted by molar-refractivity contribution is 5.43. The molecule has 1 aromatic rings. The van der Waals surface area contributed by atoms with Crippen LogP contribution < -0.4 is 15.5 Å². The first-order chi connectivity index (χ1) is 10.0. The molecule has 0 spiro atoms. The topological polar surface area (TPSA) is 74.4 Å². The van der Waals surface area contributed by atoms with E-state index in [2.05, 4.69) is 57.3 Å². The number of piperazine rings is 1. The van der Waals surface area contributed by atoms with Gasteiger partial charge >= 0.3 is 0 Å². The lowest BCUT2D eigenvalue weighted by Gasteiger charge is -2.37. The molecule has 1 aromatic heterocycles. The number of rotatable bonds is 5. The maximum Gasteiger partial charge on any atom is 0.232 e. The fourth-order valence-electron chi connectivity index (χ4n) is 2.60. The van der Waals surface area contributed by atoms with Crippen molar-refractivity contribution in [2.75, 3.05) is 54.8 Å². The molecule has 2 heterocycles. The smallest absolute Gasteiger partial charge is 0.232 e. The maximum atomic E-state index is 5.86. The van der Waals surface area contributed by atoms with Crippen LogP contribution in [-0.2, 0) is 0 Å². The van der Waals surface area contributed by atoms with Gasteiger partial charge in [0.15, 0.2) is 0 Å². The summed E-state index contributed by atoms with van der Waals surface area (Å²) in [5.74, 6) is 1.68. The van der Waals surface area contributed by atoms with Gasteiger partial charge in [0.2, 0.25) is 17.8 Å². The quantitative estimate of drug-likeness (QED) is 0.862. The minimum atomic E-state index is 0.299. The first kappa shape index (κ1) is 15.8. The molecule has 0 atom stereocenters. The van der Waals surface area contributed by atoms with Crippen LogP contribution in [-0.4, -0.2) is 65.2 Å². The van der Waals surface area contributed by atoms with Gasteiger partial charge in [-0.1, -0.05) is 0 Å². The van der Waals surface area contributed by atoms with E-state index in [9.17, 15) is 0 Å². The summed E-state index contributed by atoms with van der Waals surface area (Å²) in [6, 6.07) is 0.585. The molecule has 7 nitrogen and oxygen atoms in total. The number of anilines is 3. The second-order valence-corrected chi connectivity index (χ2v) is 5.58. The molecule has 0 unspecified atom stereocenters. The average Bonchev–Trinajstić information content (AvgIpc) is 2.48. The second kappa shape index (κ2) is 6.89. The summed E-state index contributed by atoms with van der Waals surface area (Å²) in [4.78, 5) is 19.9. The molecule has 0 aliphatic carbocycles. The highest BCUT2D eigenvalue weighted by Gasteiger charge is 2.22. The summed E-state index contributed by atoms with van der Waals surface area (Å²) in [5.41, 5.74) is 5.86. The molecule has 7 heteroatoms. The Balaban J connectivity index is 2.13. The molecule has 1 fully saturated rings. The van der Waals surface area contributed by atoms with Crippen LogP contribution in [0.25, 0.3) is 0 Å². The number of nitrogens with two attached hydrogens (primary N) is 1. The summed E-state index contributed by atoms with van der Waals surface area (Å²) < 4.78 is 0. The van der Waals surface area contributed by atoms with Crippen molar-refractivity contribution in [3.05, 3.63) is 0 Å². The Bertz CT molecular complexity index is 451. The van der Waals surface area contributed by atoms with Crippen molar-refractivity contribution >= 4 is 17.8 Å². The van der Waals surface area contributed by atoms with E-state index in [1.807, 2.05) is 0 Å². The van der Waals surface area contributed by atoms with E-state index in [4.69, 9.17) is 5.73 Å². The van der Waals surface area contributed by atoms with Gasteiger partial charge in [0.25, 0.3) is 0 Å². The molecule has 2 N–H and O–H groups in total. The molecule has 21 heavy (non-hydrogen) atoms. The van der Waals surface area contributed by atoms with Gasteiger partial charge in [-0.05, 0) is 27.7 Å². The minimum absolute atomic E-state index is 0.299. The Labute approximate surface area is 127 Å². The Hall–Kier alpha value is -1.63. The van der Waals surface area contributed by atoms with Crippen molar-refractivity contribution in [3.63, 3.8) is 0 Å². The van der Waals surface area contributed by atoms with Crippen molar-refractivity contribution in [2.24, 2.45) is 0 Å². The van der Waals surface area contributed by atoms with Crippen LogP contribution in [0.2, 0.25) is 0 Å². The molecular formula is C14H27N7. The molecule has 0 bridgehead atoms. The molecule has 118 valence electrons. The minimum Gasteiger partial charge on any atom is -0.368 e. The van der Waals surface area contributed by atoms with E-state index in [0.29, 0.717) is 23.9 Å². The summed E-state index contributed by atoms with van der Waals surface area (Å²) in [6.07, 6.45) is 0. The van der Waals surface area contributed by atoms with Crippen molar-refractivity contribution < 1.29 is 0 Å². The van der Waals surface area contributed by atoms with Gasteiger partial charge < -0.3 is 15.5 Å². The lowest BCUT2D eigenvalue weighted by atomic mass is 10.2. The fourth-order valence-corrected chi connectivity index (χ4v) is 2.60. The first-order valence-electron chi connectivity index (χ1n) is 7.80. The number of hydrogen-bond donors (Lipinski definition) is 1. The molecule has 1 aliphatic heterocycles. The number of aromatic nitrogens is 3. The SMILES string of the molecule is CCN(CC)c1nc(N)nc(N2CCN(C(C)C)CC2)n1. The lowest BCUT2D eigenvalue weighted by Crippen LogP contribution is -2.49. The standard InChI is InChI=1S/C14H27N7/c1-5-19(6-2)13-16-12(15)17-14(18-13)21-9-7-20(8-10-21)11(3)4/h11H,5-10H2,1-4H3,(H2,15,16,17,18). The van der Waals surface area contributed by atoms with E-state index in [-0.39, 0.29) is 0 Å². The number of nitrogen functional groups attached to an aromatic ring is 1. The molecule has 0 amide bonds. The van der Waals surface area contributed by atoms with Gasteiger partial charge in [-0.3, -0.25) is 4.90 Å². The van der Waals surface area contributed by atoms with E-state index in [0.717, 1.165) is 39.3 Å². The number of nitrogens with zero attached hydrogens (tertiary/aromatic N) is 6. The van der Waals surface area contributed by atoms with Crippen LogP contribution in [0.3, 0.4) is 0 Å². The normalized spacial score (nSPS) is 16.5. The summed E-state index contributed by atoms with van der Waals surface area (Å²) >= 11 is 0. The van der Waals surface area contributed by atoms with Crippen molar-refractivity contribution in [2.45, 2.75) is 33.7 Å². The highest BCUT2D eigenvalue weighted by Crippen LogP contribution is 2.17. The van der Waals surface area contributed by atoms with Crippen molar-refractivity contribution in [3.8, 4) is 0 Å². The largest absolute Gasteiger partial charge is 0.368 e. The predicted octanol–water partition coefficient (Wildman–Crippen LogP) is 0.830. The zero-order valence-corrected chi connectivity index (χ0v) is 13.6. The second-order valence-electron chi connectivity index (χ2n) is 5.58. The summed E-state index contributed by atoms with van der Waals surface area (Å²) in [6.45, 7) is 14.3. The van der Waals surface area contributed by atoms with Crippen molar-refractivity contribution in [1.82, 2.24) is 19.9 Å². The Morgan fingerprint density at radius 2 is 1.67 bits per heavy atom. The van der Waals surface area contributed by atoms with Crippen LogP contribution in [0, 0.1) is 0 Å². The van der Waals surface area contributed by atoms with E-state index in [1.54, 1.807) is 0 Å². The van der Waals surface area contributed by atoms with Gasteiger partial charge in [0.05, 0.1) is 0 Å². The summed E-state index contributed by atoms with van der Waals surface area (Å²) in [5, 5.41) is 0. The van der Waals surface area contributed by atoms with Crippen LogP contribution in [0.5, 0.6) is 0 Å². The van der Waals surface area contributed by atoms with Crippen LogP contribution in [0.1, 0.15) is 27.7 Å². The molecular weight excluding hydrogens is 266 g/mol. The van der Waals surface area contributed by atoms with Crippen LogP contribution >= 0.6 is 0 Å².